The lowest BCUT2D eigenvalue weighted by Crippen LogP contribution is -2.27. The molecule has 29 heavy (non-hydrogen) atoms. The number of nitriles is 1. The third-order valence-electron chi connectivity index (χ3n) is 4.15. The zero-order chi connectivity index (χ0) is 21.1. The van der Waals surface area contributed by atoms with E-state index in [9.17, 15) is 30.1 Å². The highest BCUT2D eigenvalue weighted by atomic mass is 32.2. The van der Waals surface area contributed by atoms with Crippen molar-refractivity contribution >= 4 is 34.7 Å². The molecule has 1 aliphatic rings. The van der Waals surface area contributed by atoms with Gasteiger partial charge in [0.15, 0.2) is 11.5 Å². The molecule has 0 bridgehead atoms. The topological polar surface area (TPSA) is 134 Å². The van der Waals surface area contributed by atoms with Crippen LogP contribution in [-0.2, 0) is 11.3 Å². The van der Waals surface area contributed by atoms with Gasteiger partial charge in [0.2, 0.25) is 0 Å². The number of hydrogen-bond acceptors (Lipinski definition) is 8. The number of nitro benzene ring substituents is 1. The van der Waals surface area contributed by atoms with E-state index in [0.717, 1.165) is 17.0 Å². The van der Waals surface area contributed by atoms with E-state index in [1.165, 1.54) is 13.2 Å². The average molecular weight is 411 g/mol. The Kier molecular flexibility index (Phi) is 5.52. The fourth-order valence-electron chi connectivity index (χ4n) is 2.70. The average Bonchev–Trinajstić information content (AvgIpc) is 2.97. The van der Waals surface area contributed by atoms with Crippen molar-refractivity contribution in [2.45, 2.75) is 6.54 Å². The van der Waals surface area contributed by atoms with Gasteiger partial charge in [-0.1, -0.05) is 18.2 Å². The zero-order valence-electron chi connectivity index (χ0n) is 15.0. The number of methoxy groups -OCH3 is 1. The predicted octanol–water partition coefficient (Wildman–Crippen LogP) is 3.42. The molecule has 0 saturated carbocycles. The van der Waals surface area contributed by atoms with Crippen LogP contribution in [0, 0.1) is 21.4 Å². The maximum Gasteiger partial charge on any atom is 0.293 e. The molecular formula is C19H13N3O6S. The maximum atomic E-state index is 12.7. The monoisotopic (exact) mass is 411 g/mol. The first-order valence-electron chi connectivity index (χ1n) is 8.14. The van der Waals surface area contributed by atoms with Gasteiger partial charge in [-0.05, 0) is 29.5 Å². The Balaban J connectivity index is 1.96. The number of ether oxygens (including phenoxy) is 1. The number of thioether (sulfide) groups is 1. The van der Waals surface area contributed by atoms with Crippen LogP contribution < -0.4 is 4.74 Å². The molecule has 1 N–H and O–H groups in total. The number of carbonyl (C=O) groups excluding carboxylic acids is 2. The summed E-state index contributed by atoms with van der Waals surface area (Å²) in [6.45, 7) is -0.0873. The fraction of sp³-hybridized carbons (Fsp3) is 0.105. The third kappa shape index (κ3) is 3.90. The molecule has 2 amide bonds. The van der Waals surface area contributed by atoms with Crippen molar-refractivity contribution < 1.29 is 24.4 Å². The third-order valence-corrected chi connectivity index (χ3v) is 5.05. The van der Waals surface area contributed by atoms with Crippen LogP contribution in [0.5, 0.6) is 11.5 Å². The molecule has 0 aliphatic carbocycles. The molecule has 0 atom stereocenters. The molecule has 3 rings (SSSR count). The summed E-state index contributed by atoms with van der Waals surface area (Å²) in [5.74, 6) is -1.15. The second-order valence-corrected chi connectivity index (χ2v) is 6.87. The first kappa shape index (κ1) is 19.9. The second kappa shape index (κ2) is 8.04. The molecule has 2 aromatic rings. The van der Waals surface area contributed by atoms with E-state index < -0.39 is 16.1 Å². The summed E-state index contributed by atoms with van der Waals surface area (Å²) < 4.78 is 4.93. The molecule has 146 valence electrons. The van der Waals surface area contributed by atoms with Crippen LogP contribution in [0.4, 0.5) is 10.5 Å². The van der Waals surface area contributed by atoms with E-state index in [0.29, 0.717) is 22.9 Å². The molecule has 1 fully saturated rings. The van der Waals surface area contributed by atoms with Gasteiger partial charge in [0, 0.05) is 11.6 Å². The van der Waals surface area contributed by atoms with Crippen molar-refractivity contribution in [1.29, 1.82) is 5.26 Å². The number of amides is 2. The lowest BCUT2D eigenvalue weighted by atomic mass is 10.1. The molecule has 9 nitrogen and oxygen atoms in total. The van der Waals surface area contributed by atoms with Gasteiger partial charge in [-0.3, -0.25) is 24.6 Å². The number of nitrogens with zero attached hydrogens (tertiary/aromatic N) is 3. The van der Waals surface area contributed by atoms with Crippen LogP contribution in [0.1, 0.15) is 16.7 Å². The van der Waals surface area contributed by atoms with Gasteiger partial charge in [0.05, 0.1) is 41.2 Å². The van der Waals surface area contributed by atoms with Gasteiger partial charge in [-0.15, -0.1) is 0 Å². The number of hydrogen-bond donors (Lipinski definition) is 1. The minimum atomic E-state index is -0.663. The van der Waals surface area contributed by atoms with Crippen LogP contribution in [0.2, 0.25) is 0 Å². The Hall–Kier alpha value is -3.84. The van der Waals surface area contributed by atoms with Crippen LogP contribution in [-0.4, -0.2) is 33.2 Å². The smallest absolute Gasteiger partial charge is 0.293 e. The zero-order valence-corrected chi connectivity index (χ0v) is 15.8. The van der Waals surface area contributed by atoms with Crippen molar-refractivity contribution in [3.63, 3.8) is 0 Å². The summed E-state index contributed by atoms with van der Waals surface area (Å²) in [5.41, 5.74) is 0.488. The van der Waals surface area contributed by atoms with Gasteiger partial charge < -0.3 is 9.84 Å². The normalized spacial score (nSPS) is 14.9. The Morgan fingerprint density at radius 1 is 1.34 bits per heavy atom. The molecule has 0 radical (unpaired) electrons. The van der Waals surface area contributed by atoms with Crippen molar-refractivity contribution in [1.82, 2.24) is 4.90 Å². The second-order valence-electron chi connectivity index (χ2n) is 5.88. The number of rotatable bonds is 5. The number of benzene rings is 2. The van der Waals surface area contributed by atoms with Gasteiger partial charge in [-0.2, -0.15) is 5.26 Å². The first-order chi connectivity index (χ1) is 13.8. The highest BCUT2D eigenvalue weighted by Gasteiger charge is 2.35. The number of nitro groups is 1. The predicted molar refractivity (Wildman–Crippen MR) is 104 cm³/mol. The van der Waals surface area contributed by atoms with E-state index in [4.69, 9.17) is 4.74 Å². The van der Waals surface area contributed by atoms with Crippen molar-refractivity contribution in [2.75, 3.05) is 7.11 Å². The largest absolute Gasteiger partial charge is 0.504 e. The van der Waals surface area contributed by atoms with Crippen molar-refractivity contribution in [3.05, 3.63) is 68.1 Å². The first-order valence-corrected chi connectivity index (χ1v) is 8.96. The van der Waals surface area contributed by atoms with Gasteiger partial charge in [-0.25, -0.2) is 0 Å². The summed E-state index contributed by atoms with van der Waals surface area (Å²) in [5, 5.41) is 29.9. The molecular weight excluding hydrogens is 398 g/mol. The van der Waals surface area contributed by atoms with Crippen molar-refractivity contribution in [3.8, 4) is 17.6 Å². The summed E-state index contributed by atoms with van der Waals surface area (Å²) in [6.07, 6.45) is 1.20. The van der Waals surface area contributed by atoms with Gasteiger partial charge in [0.25, 0.3) is 16.8 Å². The van der Waals surface area contributed by atoms with E-state index >= 15 is 0 Å². The van der Waals surface area contributed by atoms with E-state index in [1.807, 2.05) is 6.07 Å². The number of phenols is 1. The SMILES string of the molecule is COc1cc([N+](=O)[O-])cc(/C=C2/SC(=O)N(Cc3ccccc3C#N)C2=O)c1O. The Bertz CT molecular complexity index is 1110. The van der Waals surface area contributed by atoms with Gasteiger partial charge >= 0.3 is 0 Å². The number of imide groups is 1. The highest BCUT2D eigenvalue weighted by Crippen LogP contribution is 2.39. The summed E-state index contributed by atoms with van der Waals surface area (Å²) in [4.78, 5) is 36.4. The number of aromatic hydroxyl groups is 1. The van der Waals surface area contributed by atoms with Crippen LogP contribution in [0.25, 0.3) is 6.08 Å². The molecule has 0 aromatic heterocycles. The summed E-state index contributed by atoms with van der Waals surface area (Å²) in [6, 6.07) is 10.7. The Morgan fingerprint density at radius 2 is 2.07 bits per heavy atom. The molecule has 1 saturated heterocycles. The maximum absolute atomic E-state index is 12.7. The van der Waals surface area contributed by atoms with E-state index in [1.54, 1.807) is 24.3 Å². The standard InChI is InChI=1S/C19H13N3O6S/c1-28-15-8-14(22(26)27)6-13(17(15)23)7-16-18(24)21(19(25)29-16)10-12-5-3-2-4-11(12)9-20/h2-8,23H,10H2,1H3/b16-7+. The molecule has 0 spiro atoms. The molecule has 0 unspecified atom stereocenters. The Morgan fingerprint density at radius 3 is 2.72 bits per heavy atom. The summed E-state index contributed by atoms with van der Waals surface area (Å²) in [7, 11) is 1.24. The number of non-ortho nitro benzene ring substituents is 1. The minimum Gasteiger partial charge on any atom is -0.504 e. The van der Waals surface area contributed by atoms with E-state index in [2.05, 4.69) is 0 Å². The number of phenolic OH excluding ortho intramolecular Hbond substituents is 1. The highest BCUT2D eigenvalue weighted by molar-refractivity contribution is 8.18. The van der Waals surface area contributed by atoms with Crippen LogP contribution in [0.3, 0.4) is 0 Å². The fourth-order valence-corrected chi connectivity index (χ4v) is 3.53. The molecule has 2 aromatic carbocycles. The number of carbonyl (C=O) groups is 2. The van der Waals surface area contributed by atoms with Crippen LogP contribution in [0.15, 0.2) is 41.3 Å². The lowest BCUT2D eigenvalue weighted by molar-refractivity contribution is -0.385. The summed E-state index contributed by atoms with van der Waals surface area (Å²) >= 11 is 0.640. The molecule has 1 heterocycles. The minimum absolute atomic E-state index is 0.0118. The van der Waals surface area contributed by atoms with Crippen molar-refractivity contribution in [2.24, 2.45) is 0 Å². The van der Waals surface area contributed by atoms with Gasteiger partial charge in [0.1, 0.15) is 0 Å². The van der Waals surface area contributed by atoms with Crippen LogP contribution >= 0.6 is 11.8 Å². The Labute approximate surface area is 169 Å². The lowest BCUT2D eigenvalue weighted by Gasteiger charge is -2.13. The quantitative estimate of drug-likeness (QED) is 0.449. The molecule has 1 aliphatic heterocycles. The molecule has 10 heteroatoms. The van der Waals surface area contributed by atoms with E-state index in [-0.39, 0.29) is 34.2 Å².